The topological polar surface area (TPSA) is 9.86 Å². The SMILES string of the molecule is c1ccc(-c2ccc(-n3c4ccccc4c4cccc(-n5c6ccccc6c6c([Si](c7ccccc7)(c7ccccc7)c7ccccc7)cccc65)c43)c(-c3ccccc3)c2)cc1. The maximum Gasteiger partial charge on any atom is 0.180 e. The molecule has 0 spiro atoms. The lowest BCUT2D eigenvalue weighted by molar-refractivity contribution is 1.13. The van der Waals surface area contributed by atoms with Crippen molar-refractivity contribution in [1.29, 1.82) is 0 Å². The van der Waals surface area contributed by atoms with Crippen molar-refractivity contribution in [3.05, 3.63) is 255 Å². The zero-order valence-corrected chi connectivity index (χ0v) is 35.6. The summed E-state index contributed by atoms with van der Waals surface area (Å²) in [6.07, 6.45) is 0. The molecule has 2 heterocycles. The van der Waals surface area contributed by atoms with Crippen LogP contribution < -0.4 is 20.7 Å². The lowest BCUT2D eigenvalue weighted by atomic mass is 9.97. The largest absolute Gasteiger partial charge is 0.307 e. The van der Waals surface area contributed by atoms with E-state index in [-0.39, 0.29) is 0 Å². The van der Waals surface area contributed by atoms with Crippen molar-refractivity contribution in [2.75, 3.05) is 0 Å². The summed E-state index contributed by atoms with van der Waals surface area (Å²) in [5.41, 5.74) is 11.8. The summed E-state index contributed by atoms with van der Waals surface area (Å²) < 4.78 is 5.07. The van der Waals surface area contributed by atoms with Gasteiger partial charge in [0.1, 0.15) is 0 Å². The van der Waals surface area contributed by atoms with E-state index in [1.165, 1.54) is 86.6 Å². The zero-order valence-electron chi connectivity index (χ0n) is 34.6. The van der Waals surface area contributed by atoms with Crippen molar-refractivity contribution in [3.63, 3.8) is 0 Å². The van der Waals surface area contributed by atoms with Gasteiger partial charge in [-0.25, -0.2) is 0 Å². The van der Waals surface area contributed by atoms with Crippen LogP contribution in [0.1, 0.15) is 0 Å². The predicted molar refractivity (Wildman–Crippen MR) is 270 cm³/mol. The van der Waals surface area contributed by atoms with Gasteiger partial charge in [-0.3, -0.25) is 0 Å². The quantitative estimate of drug-likeness (QED) is 0.107. The number of aromatic nitrogens is 2. The molecule has 0 aliphatic carbocycles. The Balaban J connectivity index is 1.21. The second-order valence-corrected chi connectivity index (χ2v) is 20.2. The summed E-state index contributed by atoms with van der Waals surface area (Å²) >= 11 is 0. The number of hydrogen-bond acceptors (Lipinski definition) is 0. The summed E-state index contributed by atoms with van der Waals surface area (Å²) in [5.74, 6) is 0. The maximum atomic E-state index is 2.55. The lowest BCUT2D eigenvalue weighted by Gasteiger charge is -2.35. The molecule has 63 heavy (non-hydrogen) atoms. The second-order valence-electron chi connectivity index (χ2n) is 16.4. The molecule has 0 fully saturated rings. The fourth-order valence-electron chi connectivity index (χ4n) is 10.4. The van der Waals surface area contributed by atoms with Gasteiger partial charge >= 0.3 is 0 Å². The standard InChI is InChI=1S/C60H42N2Si/c1-6-22-43(23-7-1)45-40-41-55(52(42-45)44-24-8-2-9-25-44)62-53-35-18-16-32-49(53)50-34-20-38-57(60(50)62)61-54-36-19-17-33-51(54)59-56(61)37-21-39-58(59)63(46-26-10-3-11-27-46,47-28-12-4-13-29-47)48-30-14-5-15-31-48/h1-42H. The van der Waals surface area contributed by atoms with E-state index in [0.29, 0.717) is 0 Å². The van der Waals surface area contributed by atoms with E-state index in [9.17, 15) is 0 Å². The first-order valence-electron chi connectivity index (χ1n) is 21.8. The maximum absolute atomic E-state index is 2.91. The van der Waals surface area contributed by atoms with Gasteiger partial charge in [-0.1, -0.05) is 218 Å². The third kappa shape index (κ3) is 5.78. The average molecular weight is 819 g/mol. The molecule has 0 atom stereocenters. The van der Waals surface area contributed by atoms with Crippen molar-refractivity contribution in [2.24, 2.45) is 0 Å². The van der Waals surface area contributed by atoms with Crippen LogP contribution in [0.25, 0.3) is 77.2 Å². The van der Waals surface area contributed by atoms with E-state index in [2.05, 4.69) is 264 Å². The van der Waals surface area contributed by atoms with Crippen LogP contribution in [0.4, 0.5) is 0 Å². The van der Waals surface area contributed by atoms with E-state index < -0.39 is 8.07 Å². The van der Waals surface area contributed by atoms with E-state index in [0.717, 1.165) is 11.4 Å². The van der Waals surface area contributed by atoms with Gasteiger partial charge in [-0.15, -0.1) is 0 Å². The molecule has 10 aromatic carbocycles. The molecule has 0 amide bonds. The smallest absolute Gasteiger partial charge is 0.180 e. The summed E-state index contributed by atoms with van der Waals surface area (Å²) in [7, 11) is -2.91. The van der Waals surface area contributed by atoms with E-state index >= 15 is 0 Å². The summed E-state index contributed by atoms with van der Waals surface area (Å²) in [6, 6.07) is 94.3. The van der Waals surface area contributed by atoms with Crippen LogP contribution in [-0.2, 0) is 0 Å². The number of para-hydroxylation sites is 3. The van der Waals surface area contributed by atoms with Crippen LogP contribution >= 0.6 is 0 Å². The van der Waals surface area contributed by atoms with Crippen LogP contribution in [0, 0.1) is 0 Å². The minimum absolute atomic E-state index is 1.14. The fraction of sp³-hybridized carbons (Fsp3) is 0. The summed E-state index contributed by atoms with van der Waals surface area (Å²) in [5, 5.41) is 10.5. The average Bonchev–Trinajstić information content (AvgIpc) is 3.89. The van der Waals surface area contributed by atoms with Crippen LogP contribution in [0.2, 0.25) is 0 Å². The first kappa shape index (κ1) is 36.8. The highest BCUT2D eigenvalue weighted by atomic mass is 28.3. The molecule has 0 N–H and O–H groups in total. The van der Waals surface area contributed by atoms with Gasteiger partial charge in [0.05, 0.1) is 33.4 Å². The second kappa shape index (κ2) is 15.2. The Morgan fingerprint density at radius 1 is 0.286 bits per heavy atom. The zero-order chi connectivity index (χ0) is 41.7. The number of benzene rings is 10. The van der Waals surface area contributed by atoms with Gasteiger partial charge in [0.25, 0.3) is 0 Å². The molecule has 0 aliphatic heterocycles. The fourth-order valence-corrected chi connectivity index (χ4v) is 15.4. The highest BCUT2D eigenvalue weighted by Gasteiger charge is 2.43. The Labute approximate surface area is 368 Å². The Morgan fingerprint density at radius 3 is 1.38 bits per heavy atom. The minimum atomic E-state index is -2.91. The van der Waals surface area contributed by atoms with Crippen LogP contribution in [0.15, 0.2) is 255 Å². The molecule has 0 bridgehead atoms. The van der Waals surface area contributed by atoms with Crippen LogP contribution in [-0.4, -0.2) is 17.2 Å². The van der Waals surface area contributed by atoms with Gasteiger partial charge < -0.3 is 9.13 Å². The highest BCUT2D eigenvalue weighted by Crippen LogP contribution is 2.42. The molecule has 12 rings (SSSR count). The third-order valence-electron chi connectivity index (χ3n) is 13.1. The van der Waals surface area contributed by atoms with Crippen molar-refractivity contribution in [3.8, 4) is 33.6 Å². The molecule has 0 saturated heterocycles. The van der Waals surface area contributed by atoms with Crippen molar-refractivity contribution in [1.82, 2.24) is 9.13 Å². The monoisotopic (exact) mass is 818 g/mol. The molecular weight excluding hydrogens is 777 g/mol. The molecule has 0 saturated carbocycles. The molecule has 296 valence electrons. The van der Waals surface area contributed by atoms with Gasteiger partial charge in [-0.2, -0.15) is 0 Å². The Bertz CT molecular complexity index is 3500. The Morgan fingerprint density at radius 2 is 0.762 bits per heavy atom. The molecular formula is C60H42N2Si. The Kier molecular flexibility index (Phi) is 8.87. The van der Waals surface area contributed by atoms with Crippen molar-refractivity contribution >= 4 is 72.4 Å². The molecule has 2 nitrogen and oxygen atoms in total. The van der Waals surface area contributed by atoms with Gasteiger partial charge in [0, 0.05) is 27.1 Å². The lowest BCUT2D eigenvalue weighted by Crippen LogP contribution is -2.74. The highest BCUT2D eigenvalue weighted by molar-refractivity contribution is 7.20. The van der Waals surface area contributed by atoms with E-state index in [4.69, 9.17) is 0 Å². The van der Waals surface area contributed by atoms with Gasteiger partial charge in [0.15, 0.2) is 8.07 Å². The molecule has 0 aliphatic rings. The number of rotatable bonds is 8. The minimum Gasteiger partial charge on any atom is -0.307 e. The predicted octanol–water partition coefficient (Wildman–Crippen LogP) is 12.6. The normalized spacial score (nSPS) is 11.8. The number of fused-ring (bicyclic) bond motifs is 6. The van der Waals surface area contributed by atoms with Crippen LogP contribution in [0.5, 0.6) is 0 Å². The van der Waals surface area contributed by atoms with E-state index in [1.807, 2.05) is 0 Å². The van der Waals surface area contributed by atoms with Gasteiger partial charge in [0.2, 0.25) is 0 Å². The first-order chi connectivity index (χ1) is 31.3. The van der Waals surface area contributed by atoms with Crippen molar-refractivity contribution < 1.29 is 0 Å². The first-order valence-corrected chi connectivity index (χ1v) is 23.8. The summed E-state index contributed by atoms with van der Waals surface area (Å²) in [6.45, 7) is 0. The molecule has 12 aromatic rings. The molecule has 0 radical (unpaired) electrons. The molecule has 0 unspecified atom stereocenters. The van der Waals surface area contributed by atoms with Crippen molar-refractivity contribution in [2.45, 2.75) is 0 Å². The number of hydrogen-bond donors (Lipinski definition) is 0. The van der Waals surface area contributed by atoms with Gasteiger partial charge in [-0.05, 0) is 73.8 Å². The Hall–Kier alpha value is -7.98. The molecule has 2 aromatic heterocycles. The third-order valence-corrected chi connectivity index (χ3v) is 17.9. The summed E-state index contributed by atoms with van der Waals surface area (Å²) in [4.78, 5) is 0. The van der Waals surface area contributed by atoms with E-state index in [1.54, 1.807) is 0 Å². The number of nitrogens with zero attached hydrogens (tertiary/aromatic N) is 2. The van der Waals surface area contributed by atoms with Crippen LogP contribution in [0.3, 0.4) is 0 Å². The molecule has 3 heteroatoms.